The van der Waals surface area contributed by atoms with Crippen LogP contribution < -0.4 is 10.5 Å². The SMILES string of the molecule is COc1ccc(Sc2cc(Cl)ccc2CN)cc1. The zero-order valence-electron chi connectivity index (χ0n) is 10.0. The molecule has 2 aromatic carbocycles. The molecule has 0 aromatic heterocycles. The Kier molecular flexibility index (Phi) is 4.53. The van der Waals surface area contributed by atoms with Crippen LogP contribution in [0.5, 0.6) is 5.75 Å². The highest BCUT2D eigenvalue weighted by Gasteiger charge is 2.04. The van der Waals surface area contributed by atoms with E-state index in [1.807, 2.05) is 42.5 Å². The molecule has 0 spiro atoms. The van der Waals surface area contributed by atoms with E-state index >= 15 is 0 Å². The molecule has 4 heteroatoms. The third-order valence-corrected chi connectivity index (χ3v) is 3.88. The van der Waals surface area contributed by atoms with Gasteiger partial charge in [-0.15, -0.1) is 0 Å². The molecule has 0 amide bonds. The van der Waals surface area contributed by atoms with Gasteiger partial charge in [0.2, 0.25) is 0 Å². The molecular formula is C14H14ClNOS. The van der Waals surface area contributed by atoms with E-state index < -0.39 is 0 Å². The summed E-state index contributed by atoms with van der Waals surface area (Å²) in [6.45, 7) is 0.510. The molecule has 0 atom stereocenters. The lowest BCUT2D eigenvalue weighted by atomic mass is 10.2. The summed E-state index contributed by atoms with van der Waals surface area (Å²) in [6, 6.07) is 13.7. The molecule has 0 aliphatic heterocycles. The summed E-state index contributed by atoms with van der Waals surface area (Å²) < 4.78 is 5.13. The second-order valence-corrected chi connectivity index (χ2v) is 5.29. The van der Waals surface area contributed by atoms with Crippen molar-refractivity contribution in [3.8, 4) is 5.75 Å². The van der Waals surface area contributed by atoms with Gasteiger partial charge in [-0.25, -0.2) is 0 Å². The summed E-state index contributed by atoms with van der Waals surface area (Å²) in [5.41, 5.74) is 6.82. The van der Waals surface area contributed by atoms with Crippen molar-refractivity contribution in [1.82, 2.24) is 0 Å². The average molecular weight is 280 g/mol. The van der Waals surface area contributed by atoms with E-state index in [1.165, 1.54) is 0 Å². The second kappa shape index (κ2) is 6.14. The van der Waals surface area contributed by atoms with Crippen LogP contribution in [-0.2, 0) is 6.54 Å². The fourth-order valence-corrected chi connectivity index (χ4v) is 2.79. The van der Waals surface area contributed by atoms with Crippen LogP contribution in [0.1, 0.15) is 5.56 Å². The fourth-order valence-electron chi connectivity index (χ4n) is 1.56. The highest BCUT2D eigenvalue weighted by Crippen LogP contribution is 2.33. The largest absolute Gasteiger partial charge is 0.497 e. The van der Waals surface area contributed by atoms with Crippen LogP contribution in [0, 0.1) is 0 Å². The van der Waals surface area contributed by atoms with E-state index in [0.29, 0.717) is 6.54 Å². The van der Waals surface area contributed by atoms with Gasteiger partial charge in [-0.3, -0.25) is 0 Å². The van der Waals surface area contributed by atoms with Crippen LogP contribution in [0.15, 0.2) is 52.3 Å². The first-order valence-corrected chi connectivity index (χ1v) is 6.73. The Bertz CT molecular complexity index is 528. The van der Waals surface area contributed by atoms with E-state index in [9.17, 15) is 0 Å². The lowest BCUT2D eigenvalue weighted by molar-refractivity contribution is 0.414. The average Bonchev–Trinajstić information content (AvgIpc) is 2.40. The lowest BCUT2D eigenvalue weighted by Crippen LogP contribution is -1.97. The molecule has 94 valence electrons. The Hall–Kier alpha value is -1.16. The summed E-state index contributed by atoms with van der Waals surface area (Å²) in [5, 5.41) is 0.725. The molecule has 0 bridgehead atoms. The Morgan fingerprint density at radius 1 is 1.17 bits per heavy atom. The van der Waals surface area contributed by atoms with Crippen molar-refractivity contribution < 1.29 is 4.74 Å². The summed E-state index contributed by atoms with van der Waals surface area (Å²) in [7, 11) is 1.66. The molecule has 0 radical (unpaired) electrons. The van der Waals surface area contributed by atoms with Crippen molar-refractivity contribution in [3.05, 3.63) is 53.1 Å². The number of nitrogens with two attached hydrogens (primary N) is 1. The van der Waals surface area contributed by atoms with Crippen molar-refractivity contribution in [2.24, 2.45) is 5.73 Å². The maximum Gasteiger partial charge on any atom is 0.118 e. The summed E-state index contributed by atoms with van der Waals surface area (Å²) in [5.74, 6) is 0.851. The Morgan fingerprint density at radius 2 is 1.89 bits per heavy atom. The number of halogens is 1. The van der Waals surface area contributed by atoms with Crippen LogP contribution in [0.3, 0.4) is 0 Å². The van der Waals surface area contributed by atoms with Crippen molar-refractivity contribution in [3.63, 3.8) is 0 Å². The normalized spacial score (nSPS) is 10.4. The minimum absolute atomic E-state index is 0.510. The van der Waals surface area contributed by atoms with E-state index in [4.69, 9.17) is 22.1 Å². The van der Waals surface area contributed by atoms with E-state index in [2.05, 4.69) is 0 Å². The maximum atomic E-state index is 6.01. The first kappa shape index (κ1) is 13.3. The van der Waals surface area contributed by atoms with Crippen molar-refractivity contribution >= 4 is 23.4 Å². The topological polar surface area (TPSA) is 35.2 Å². The molecule has 2 N–H and O–H groups in total. The number of hydrogen-bond acceptors (Lipinski definition) is 3. The van der Waals surface area contributed by atoms with Gasteiger partial charge in [0.15, 0.2) is 0 Å². The maximum absolute atomic E-state index is 6.01. The fraction of sp³-hybridized carbons (Fsp3) is 0.143. The first-order valence-electron chi connectivity index (χ1n) is 5.53. The van der Waals surface area contributed by atoms with E-state index in [1.54, 1.807) is 18.9 Å². The smallest absolute Gasteiger partial charge is 0.118 e. The van der Waals surface area contributed by atoms with Gasteiger partial charge in [0.1, 0.15) is 5.75 Å². The van der Waals surface area contributed by atoms with Gasteiger partial charge in [-0.2, -0.15) is 0 Å². The Balaban J connectivity index is 2.24. The Morgan fingerprint density at radius 3 is 2.50 bits per heavy atom. The van der Waals surface area contributed by atoms with Crippen molar-refractivity contribution in [2.45, 2.75) is 16.3 Å². The van der Waals surface area contributed by atoms with E-state index in [0.717, 1.165) is 26.1 Å². The molecule has 0 saturated heterocycles. The molecule has 2 nitrogen and oxygen atoms in total. The van der Waals surface area contributed by atoms with Crippen LogP contribution in [0.25, 0.3) is 0 Å². The van der Waals surface area contributed by atoms with Gasteiger partial charge in [0, 0.05) is 21.4 Å². The zero-order chi connectivity index (χ0) is 13.0. The Labute approximate surface area is 116 Å². The van der Waals surface area contributed by atoms with Gasteiger partial charge < -0.3 is 10.5 Å². The summed E-state index contributed by atoms with van der Waals surface area (Å²) in [6.07, 6.45) is 0. The minimum atomic E-state index is 0.510. The van der Waals surface area contributed by atoms with Gasteiger partial charge in [-0.1, -0.05) is 29.4 Å². The number of benzene rings is 2. The highest BCUT2D eigenvalue weighted by atomic mass is 35.5. The van der Waals surface area contributed by atoms with Crippen molar-refractivity contribution in [2.75, 3.05) is 7.11 Å². The standard InChI is InChI=1S/C14H14ClNOS/c1-17-12-4-6-13(7-5-12)18-14-8-11(15)3-2-10(14)9-16/h2-8H,9,16H2,1H3. The zero-order valence-corrected chi connectivity index (χ0v) is 11.6. The molecule has 0 aliphatic rings. The molecule has 0 heterocycles. The quantitative estimate of drug-likeness (QED) is 0.920. The predicted octanol–water partition coefficient (Wildman–Crippen LogP) is 3.96. The predicted molar refractivity (Wildman–Crippen MR) is 76.5 cm³/mol. The van der Waals surface area contributed by atoms with Crippen LogP contribution in [-0.4, -0.2) is 7.11 Å². The van der Waals surface area contributed by atoms with Crippen LogP contribution in [0.4, 0.5) is 0 Å². The lowest BCUT2D eigenvalue weighted by Gasteiger charge is -2.08. The van der Waals surface area contributed by atoms with Gasteiger partial charge >= 0.3 is 0 Å². The van der Waals surface area contributed by atoms with Crippen LogP contribution in [0.2, 0.25) is 5.02 Å². The van der Waals surface area contributed by atoms with Crippen molar-refractivity contribution in [1.29, 1.82) is 0 Å². The number of ether oxygens (including phenoxy) is 1. The second-order valence-electron chi connectivity index (χ2n) is 3.73. The summed E-state index contributed by atoms with van der Waals surface area (Å²) >= 11 is 7.67. The highest BCUT2D eigenvalue weighted by molar-refractivity contribution is 7.99. The number of hydrogen-bond donors (Lipinski definition) is 1. The van der Waals surface area contributed by atoms with E-state index in [-0.39, 0.29) is 0 Å². The molecule has 18 heavy (non-hydrogen) atoms. The number of rotatable bonds is 4. The molecule has 2 rings (SSSR count). The molecule has 2 aromatic rings. The molecule has 0 fully saturated rings. The van der Waals surface area contributed by atoms with Gasteiger partial charge in [0.25, 0.3) is 0 Å². The van der Waals surface area contributed by atoms with Gasteiger partial charge in [0.05, 0.1) is 7.11 Å². The summed E-state index contributed by atoms with van der Waals surface area (Å²) in [4.78, 5) is 2.22. The molecule has 0 unspecified atom stereocenters. The van der Waals surface area contributed by atoms with Gasteiger partial charge in [-0.05, 0) is 42.0 Å². The molecular weight excluding hydrogens is 266 g/mol. The monoisotopic (exact) mass is 279 g/mol. The van der Waals surface area contributed by atoms with Crippen LogP contribution >= 0.6 is 23.4 Å². The molecule has 0 saturated carbocycles. The molecule has 0 aliphatic carbocycles. The first-order chi connectivity index (χ1) is 8.72. The third kappa shape index (κ3) is 3.19. The number of methoxy groups -OCH3 is 1. The minimum Gasteiger partial charge on any atom is -0.497 e. The third-order valence-electron chi connectivity index (χ3n) is 2.54.